The predicted octanol–water partition coefficient (Wildman–Crippen LogP) is 2.81. The average Bonchev–Trinajstić information content (AvgIpc) is 2.33. The van der Waals surface area contributed by atoms with Crippen molar-refractivity contribution in [1.82, 2.24) is 4.90 Å². The van der Waals surface area contributed by atoms with Crippen LogP contribution >= 0.6 is 0 Å². The van der Waals surface area contributed by atoms with Crippen molar-refractivity contribution in [3.63, 3.8) is 0 Å². The van der Waals surface area contributed by atoms with Gasteiger partial charge in [-0.05, 0) is 32.4 Å². The molecule has 3 nitrogen and oxygen atoms in total. The normalized spacial score (nSPS) is 11.4. The largest absolute Gasteiger partial charge is 0.394 e. The maximum atomic E-state index is 13.3. The topological polar surface area (TPSA) is 46.3 Å². The number of hydrogen-bond donors (Lipinski definition) is 1. The summed E-state index contributed by atoms with van der Waals surface area (Å²) in [5.41, 5.74) is 4.18. The van der Waals surface area contributed by atoms with E-state index in [1.807, 2.05) is 20.8 Å². The van der Waals surface area contributed by atoms with Crippen molar-refractivity contribution in [3.05, 3.63) is 29.3 Å². The van der Waals surface area contributed by atoms with E-state index in [-0.39, 0.29) is 11.1 Å². The second-order valence-corrected chi connectivity index (χ2v) is 4.88. The molecular formula is C13H18F2N2O. The molecule has 18 heavy (non-hydrogen) atoms. The van der Waals surface area contributed by atoms with Crippen molar-refractivity contribution in [3.8, 4) is 0 Å². The monoisotopic (exact) mass is 256 g/mol. The lowest BCUT2D eigenvalue weighted by Gasteiger charge is -2.35. The first-order valence-corrected chi connectivity index (χ1v) is 5.73. The van der Waals surface area contributed by atoms with Crippen molar-refractivity contribution >= 4 is 11.6 Å². The highest BCUT2D eigenvalue weighted by molar-refractivity contribution is 5.95. The van der Waals surface area contributed by atoms with Gasteiger partial charge in [0.05, 0.1) is 0 Å². The SMILES string of the molecule is CCC(C)(C)N(C)C(=O)c1cc(F)c(N)c(F)c1. The molecule has 1 rings (SSSR count). The Labute approximate surface area is 106 Å². The minimum Gasteiger partial charge on any atom is -0.394 e. The second kappa shape index (κ2) is 4.92. The number of halogens is 2. The molecule has 100 valence electrons. The Hall–Kier alpha value is -1.65. The summed E-state index contributed by atoms with van der Waals surface area (Å²) in [4.78, 5) is 13.6. The summed E-state index contributed by atoms with van der Waals surface area (Å²) < 4.78 is 26.6. The summed E-state index contributed by atoms with van der Waals surface area (Å²) in [5.74, 6) is -2.26. The van der Waals surface area contributed by atoms with Crippen LogP contribution < -0.4 is 5.73 Å². The van der Waals surface area contributed by atoms with Crippen LogP contribution in [0.2, 0.25) is 0 Å². The summed E-state index contributed by atoms with van der Waals surface area (Å²) in [6.07, 6.45) is 0.731. The van der Waals surface area contributed by atoms with Crippen LogP contribution in [-0.2, 0) is 0 Å². The number of amides is 1. The molecule has 1 aromatic carbocycles. The second-order valence-electron chi connectivity index (χ2n) is 4.88. The average molecular weight is 256 g/mol. The quantitative estimate of drug-likeness (QED) is 0.845. The Morgan fingerprint density at radius 2 is 1.78 bits per heavy atom. The fourth-order valence-electron chi connectivity index (χ4n) is 1.41. The molecular weight excluding hydrogens is 238 g/mol. The van der Waals surface area contributed by atoms with Gasteiger partial charge in [0, 0.05) is 18.2 Å². The summed E-state index contributed by atoms with van der Waals surface area (Å²) in [6, 6.07) is 1.92. The minimum atomic E-state index is -0.916. The first-order valence-electron chi connectivity index (χ1n) is 5.73. The number of nitrogens with zero attached hydrogens (tertiary/aromatic N) is 1. The molecule has 0 atom stereocenters. The van der Waals surface area contributed by atoms with E-state index in [0.29, 0.717) is 0 Å². The molecule has 0 spiro atoms. The maximum Gasteiger partial charge on any atom is 0.254 e. The van der Waals surface area contributed by atoms with E-state index in [9.17, 15) is 13.6 Å². The van der Waals surface area contributed by atoms with E-state index in [2.05, 4.69) is 0 Å². The first kappa shape index (κ1) is 14.4. The van der Waals surface area contributed by atoms with Crippen molar-refractivity contribution in [2.45, 2.75) is 32.7 Å². The Balaban J connectivity index is 3.12. The van der Waals surface area contributed by atoms with Crippen LogP contribution in [0.4, 0.5) is 14.5 Å². The molecule has 0 aliphatic carbocycles. The Morgan fingerprint density at radius 1 is 1.33 bits per heavy atom. The third-order valence-electron chi connectivity index (χ3n) is 3.40. The number of nitrogens with two attached hydrogens (primary N) is 1. The molecule has 0 heterocycles. The van der Waals surface area contributed by atoms with Gasteiger partial charge in [0.25, 0.3) is 5.91 Å². The molecule has 0 aromatic heterocycles. The summed E-state index contributed by atoms with van der Waals surface area (Å²) in [6.45, 7) is 5.71. The molecule has 0 saturated carbocycles. The molecule has 1 aromatic rings. The molecule has 0 unspecified atom stereocenters. The van der Waals surface area contributed by atoms with E-state index in [1.165, 1.54) is 4.90 Å². The van der Waals surface area contributed by atoms with E-state index < -0.39 is 23.2 Å². The molecule has 0 saturated heterocycles. The van der Waals surface area contributed by atoms with Crippen molar-refractivity contribution < 1.29 is 13.6 Å². The van der Waals surface area contributed by atoms with Gasteiger partial charge in [-0.1, -0.05) is 6.92 Å². The van der Waals surface area contributed by atoms with Gasteiger partial charge in [-0.2, -0.15) is 0 Å². The Bertz CT molecular complexity index is 449. The zero-order chi connectivity index (χ0) is 14.1. The Morgan fingerprint density at radius 3 is 2.17 bits per heavy atom. The van der Waals surface area contributed by atoms with E-state index in [0.717, 1.165) is 18.6 Å². The van der Waals surface area contributed by atoms with Crippen LogP contribution in [0.3, 0.4) is 0 Å². The van der Waals surface area contributed by atoms with E-state index in [1.54, 1.807) is 7.05 Å². The van der Waals surface area contributed by atoms with Gasteiger partial charge >= 0.3 is 0 Å². The predicted molar refractivity (Wildman–Crippen MR) is 67.2 cm³/mol. The molecule has 5 heteroatoms. The number of nitrogen functional groups attached to an aromatic ring is 1. The van der Waals surface area contributed by atoms with Crippen LogP contribution in [0.25, 0.3) is 0 Å². The minimum absolute atomic E-state index is 0.0387. The van der Waals surface area contributed by atoms with Crippen LogP contribution in [-0.4, -0.2) is 23.4 Å². The van der Waals surface area contributed by atoms with Gasteiger partial charge in [0.2, 0.25) is 0 Å². The molecule has 2 N–H and O–H groups in total. The number of rotatable bonds is 3. The van der Waals surface area contributed by atoms with Crippen LogP contribution in [0.1, 0.15) is 37.6 Å². The number of carbonyl (C=O) groups excluding carboxylic acids is 1. The van der Waals surface area contributed by atoms with Gasteiger partial charge in [0.1, 0.15) is 17.3 Å². The number of carbonyl (C=O) groups is 1. The maximum absolute atomic E-state index is 13.3. The first-order chi connectivity index (χ1) is 8.20. The number of hydrogen-bond acceptors (Lipinski definition) is 2. The highest BCUT2D eigenvalue weighted by Crippen LogP contribution is 2.22. The highest BCUT2D eigenvalue weighted by Gasteiger charge is 2.27. The number of benzene rings is 1. The molecule has 0 radical (unpaired) electrons. The van der Waals surface area contributed by atoms with Gasteiger partial charge in [-0.15, -0.1) is 0 Å². The summed E-state index contributed by atoms with van der Waals surface area (Å²) in [7, 11) is 1.61. The van der Waals surface area contributed by atoms with Crippen LogP contribution in [0, 0.1) is 11.6 Å². The van der Waals surface area contributed by atoms with Crippen molar-refractivity contribution in [1.29, 1.82) is 0 Å². The summed E-state index contributed by atoms with van der Waals surface area (Å²) >= 11 is 0. The Kier molecular flexibility index (Phi) is 3.94. The zero-order valence-corrected chi connectivity index (χ0v) is 11.1. The third-order valence-corrected chi connectivity index (χ3v) is 3.40. The highest BCUT2D eigenvalue weighted by atomic mass is 19.1. The van der Waals surface area contributed by atoms with E-state index >= 15 is 0 Å². The lowest BCUT2D eigenvalue weighted by atomic mass is 9.98. The molecule has 0 aliphatic rings. The molecule has 0 bridgehead atoms. The standard InChI is InChI=1S/C13H18F2N2O/c1-5-13(2,3)17(4)12(18)8-6-9(14)11(16)10(15)7-8/h6-7H,5,16H2,1-4H3. The lowest BCUT2D eigenvalue weighted by molar-refractivity contribution is 0.0619. The van der Waals surface area contributed by atoms with E-state index in [4.69, 9.17) is 5.73 Å². The fourth-order valence-corrected chi connectivity index (χ4v) is 1.41. The van der Waals surface area contributed by atoms with Gasteiger partial charge in [-0.25, -0.2) is 8.78 Å². The molecule has 1 amide bonds. The van der Waals surface area contributed by atoms with Crippen LogP contribution in [0.5, 0.6) is 0 Å². The molecule has 0 fully saturated rings. The summed E-state index contributed by atoms with van der Waals surface area (Å²) in [5, 5.41) is 0. The smallest absolute Gasteiger partial charge is 0.254 e. The fraction of sp³-hybridized carbons (Fsp3) is 0.462. The van der Waals surface area contributed by atoms with Crippen molar-refractivity contribution in [2.24, 2.45) is 0 Å². The lowest BCUT2D eigenvalue weighted by Crippen LogP contribution is -2.44. The third kappa shape index (κ3) is 2.60. The van der Waals surface area contributed by atoms with Gasteiger partial charge in [-0.3, -0.25) is 4.79 Å². The van der Waals surface area contributed by atoms with Crippen LogP contribution in [0.15, 0.2) is 12.1 Å². The zero-order valence-electron chi connectivity index (χ0n) is 11.1. The van der Waals surface area contributed by atoms with Gasteiger partial charge < -0.3 is 10.6 Å². The van der Waals surface area contributed by atoms with Crippen molar-refractivity contribution in [2.75, 3.05) is 12.8 Å². The number of anilines is 1. The van der Waals surface area contributed by atoms with Gasteiger partial charge in [0.15, 0.2) is 0 Å². The molecule has 0 aliphatic heterocycles.